The van der Waals surface area contributed by atoms with Crippen LogP contribution in [0, 0.1) is 0 Å². The summed E-state index contributed by atoms with van der Waals surface area (Å²) in [7, 11) is 3.54. The van der Waals surface area contributed by atoms with E-state index in [1.165, 1.54) is 0 Å². The number of aromatic nitrogens is 2. The molecule has 2 atom stereocenters. The molecule has 1 aromatic carbocycles. The van der Waals surface area contributed by atoms with Crippen molar-refractivity contribution in [3.05, 3.63) is 28.6 Å². The Morgan fingerprint density at radius 2 is 2.24 bits per heavy atom. The summed E-state index contributed by atoms with van der Waals surface area (Å²) < 4.78 is 16.9. The monoisotopic (exact) mass is 353 g/mol. The maximum atomic E-state index is 5.47. The molecule has 0 spiro atoms. The van der Waals surface area contributed by atoms with E-state index in [-0.39, 0.29) is 12.0 Å². The summed E-state index contributed by atoms with van der Waals surface area (Å²) in [5, 5.41) is 7.27. The average molecular weight is 354 g/mol. The van der Waals surface area contributed by atoms with E-state index in [0.29, 0.717) is 24.9 Å². The Morgan fingerprint density at radius 3 is 2.95 bits per heavy atom. The third kappa shape index (κ3) is 2.81. The fourth-order valence-electron chi connectivity index (χ4n) is 2.39. The summed E-state index contributed by atoms with van der Waals surface area (Å²) in [5.41, 5.74) is 0.873. The van der Waals surface area contributed by atoms with E-state index < -0.39 is 0 Å². The molecule has 1 aliphatic heterocycles. The van der Waals surface area contributed by atoms with Crippen molar-refractivity contribution in [3.8, 4) is 17.1 Å². The lowest BCUT2D eigenvalue weighted by atomic mass is 10.0. The number of rotatable bonds is 4. The number of hydrogen-bond acceptors (Lipinski definition) is 6. The van der Waals surface area contributed by atoms with Gasteiger partial charge in [0.1, 0.15) is 5.75 Å². The first-order valence-corrected chi connectivity index (χ1v) is 7.44. The first-order chi connectivity index (χ1) is 10.2. The first kappa shape index (κ1) is 14.5. The quantitative estimate of drug-likeness (QED) is 0.908. The molecule has 3 rings (SSSR count). The molecule has 2 heterocycles. The highest BCUT2D eigenvalue weighted by Gasteiger charge is 2.33. The minimum atomic E-state index is 0.0953. The predicted molar refractivity (Wildman–Crippen MR) is 80.4 cm³/mol. The molecule has 0 amide bonds. The van der Waals surface area contributed by atoms with E-state index in [4.69, 9.17) is 14.0 Å². The molecule has 0 saturated carbocycles. The second kappa shape index (κ2) is 6.13. The molecule has 0 aliphatic carbocycles. The van der Waals surface area contributed by atoms with Crippen LogP contribution >= 0.6 is 15.9 Å². The van der Waals surface area contributed by atoms with Crippen LogP contribution < -0.4 is 10.1 Å². The van der Waals surface area contributed by atoms with Gasteiger partial charge in [0.2, 0.25) is 11.7 Å². The largest absolute Gasteiger partial charge is 0.496 e. The van der Waals surface area contributed by atoms with Crippen molar-refractivity contribution >= 4 is 15.9 Å². The Kier molecular flexibility index (Phi) is 4.23. The highest BCUT2D eigenvalue weighted by molar-refractivity contribution is 9.10. The number of hydrogen-bond donors (Lipinski definition) is 1. The second-order valence-electron chi connectivity index (χ2n) is 4.84. The number of nitrogens with one attached hydrogen (secondary N) is 1. The van der Waals surface area contributed by atoms with Gasteiger partial charge in [-0.1, -0.05) is 5.16 Å². The van der Waals surface area contributed by atoms with Crippen LogP contribution in [-0.2, 0) is 4.74 Å². The van der Waals surface area contributed by atoms with Crippen LogP contribution in [0.4, 0.5) is 0 Å². The Hall–Kier alpha value is -1.44. The summed E-state index contributed by atoms with van der Waals surface area (Å²) in [6, 6.07) is 5.89. The van der Waals surface area contributed by atoms with Crippen molar-refractivity contribution in [2.45, 2.75) is 12.0 Å². The molecule has 6 nitrogen and oxygen atoms in total. The molecule has 0 bridgehead atoms. The van der Waals surface area contributed by atoms with Gasteiger partial charge in [-0.15, -0.1) is 0 Å². The van der Waals surface area contributed by atoms with E-state index in [1.54, 1.807) is 7.11 Å². The van der Waals surface area contributed by atoms with Gasteiger partial charge in [-0.05, 0) is 41.2 Å². The lowest BCUT2D eigenvalue weighted by Crippen LogP contribution is -2.31. The third-order valence-electron chi connectivity index (χ3n) is 3.62. The van der Waals surface area contributed by atoms with E-state index in [2.05, 4.69) is 31.4 Å². The molecular weight excluding hydrogens is 338 g/mol. The molecule has 7 heteroatoms. The predicted octanol–water partition coefficient (Wildman–Crippen LogP) is 2.21. The van der Waals surface area contributed by atoms with Crippen LogP contribution in [0.5, 0.6) is 5.75 Å². The van der Waals surface area contributed by atoms with Crippen LogP contribution in [0.2, 0.25) is 0 Å². The topological polar surface area (TPSA) is 69.4 Å². The molecule has 1 aliphatic rings. The van der Waals surface area contributed by atoms with E-state index in [9.17, 15) is 0 Å². The summed E-state index contributed by atoms with van der Waals surface area (Å²) in [6.07, 6.45) is 0. The van der Waals surface area contributed by atoms with Crippen molar-refractivity contribution in [1.29, 1.82) is 0 Å². The third-order valence-corrected chi connectivity index (χ3v) is 4.24. The van der Waals surface area contributed by atoms with Gasteiger partial charge in [-0.25, -0.2) is 0 Å². The van der Waals surface area contributed by atoms with E-state index in [0.717, 1.165) is 15.8 Å². The molecule has 1 fully saturated rings. The summed E-state index contributed by atoms with van der Waals surface area (Å²) in [4.78, 5) is 4.50. The van der Waals surface area contributed by atoms with Gasteiger partial charge in [0.15, 0.2) is 0 Å². The first-order valence-electron chi connectivity index (χ1n) is 6.65. The summed E-state index contributed by atoms with van der Waals surface area (Å²) >= 11 is 3.46. The number of halogens is 1. The minimum Gasteiger partial charge on any atom is -0.496 e. The van der Waals surface area contributed by atoms with Gasteiger partial charge >= 0.3 is 0 Å². The zero-order valence-electron chi connectivity index (χ0n) is 11.8. The van der Waals surface area contributed by atoms with Crippen LogP contribution in [0.25, 0.3) is 11.4 Å². The van der Waals surface area contributed by atoms with Crippen molar-refractivity contribution in [2.75, 3.05) is 27.4 Å². The van der Waals surface area contributed by atoms with Gasteiger partial charge in [-0.2, -0.15) is 4.98 Å². The lowest BCUT2D eigenvalue weighted by Gasteiger charge is -2.11. The SMILES string of the molecule is CNC1COCC1c1nc(-c2ccc(OC)c(Br)c2)no1. The van der Waals surface area contributed by atoms with Crippen LogP contribution in [0.15, 0.2) is 27.2 Å². The minimum absolute atomic E-state index is 0.0953. The van der Waals surface area contributed by atoms with Gasteiger partial charge in [-0.3, -0.25) is 0 Å². The standard InChI is InChI=1S/C14H16BrN3O3/c1-16-11-7-20-6-9(11)14-17-13(18-21-14)8-3-4-12(19-2)10(15)5-8/h3-5,9,11,16H,6-7H2,1-2H3. The molecule has 2 unspecified atom stereocenters. The van der Waals surface area contributed by atoms with Gasteiger partial charge in [0.05, 0.1) is 30.7 Å². The molecule has 1 N–H and O–H groups in total. The fraction of sp³-hybridized carbons (Fsp3) is 0.429. The Labute approximate surface area is 131 Å². The molecule has 0 radical (unpaired) electrons. The molecule has 1 saturated heterocycles. The van der Waals surface area contributed by atoms with E-state index >= 15 is 0 Å². The van der Waals surface area contributed by atoms with Crippen LogP contribution in [-0.4, -0.2) is 43.6 Å². The molecule has 1 aromatic heterocycles. The van der Waals surface area contributed by atoms with Crippen LogP contribution in [0.1, 0.15) is 11.8 Å². The Balaban J connectivity index is 1.86. The normalized spacial score (nSPS) is 21.7. The van der Waals surface area contributed by atoms with E-state index in [1.807, 2.05) is 25.2 Å². The van der Waals surface area contributed by atoms with Crippen molar-refractivity contribution in [2.24, 2.45) is 0 Å². The molecular formula is C14H16BrN3O3. The number of benzene rings is 1. The van der Waals surface area contributed by atoms with Crippen molar-refractivity contribution in [3.63, 3.8) is 0 Å². The summed E-state index contributed by atoms with van der Waals surface area (Å²) in [6.45, 7) is 1.26. The number of ether oxygens (including phenoxy) is 2. The van der Waals surface area contributed by atoms with Gasteiger partial charge < -0.3 is 19.3 Å². The van der Waals surface area contributed by atoms with Crippen LogP contribution in [0.3, 0.4) is 0 Å². The van der Waals surface area contributed by atoms with Gasteiger partial charge in [0, 0.05) is 11.6 Å². The van der Waals surface area contributed by atoms with Gasteiger partial charge in [0.25, 0.3) is 0 Å². The highest BCUT2D eigenvalue weighted by Crippen LogP contribution is 2.31. The number of methoxy groups -OCH3 is 1. The molecule has 2 aromatic rings. The Morgan fingerprint density at radius 1 is 1.38 bits per heavy atom. The summed E-state index contributed by atoms with van der Waals surface area (Å²) in [5.74, 6) is 2.03. The maximum absolute atomic E-state index is 5.47. The number of likely N-dealkylation sites (N-methyl/N-ethyl adjacent to an activating group) is 1. The Bertz CT molecular complexity index is 632. The lowest BCUT2D eigenvalue weighted by molar-refractivity contribution is 0.185. The average Bonchev–Trinajstić information content (AvgIpc) is 3.15. The highest BCUT2D eigenvalue weighted by atomic mass is 79.9. The maximum Gasteiger partial charge on any atom is 0.234 e. The zero-order chi connectivity index (χ0) is 14.8. The number of nitrogens with zero attached hydrogens (tertiary/aromatic N) is 2. The second-order valence-corrected chi connectivity index (χ2v) is 5.70. The molecule has 21 heavy (non-hydrogen) atoms. The smallest absolute Gasteiger partial charge is 0.234 e. The van der Waals surface area contributed by atoms with Crippen molar-refractivity contribution in [1.82, 2.24) is 15.5 Å². The molecule has 112 valence electrons. The van der Waals surface area contributed by atoms with Crippen molar-refractivity contribution < 1.29 is 14.0 Å². The fourth-order valence-corrected chi connectivity index (χ4v) is 2.93. The zero-order valence-corrected chi connectivity index (χ0v) is 13.4.